The lowest BCUT2D eigenvalue weighted by atomic mass is 9.84. The normalized spacial score (nSPS) is 18.5. The van der Waals surface area contributed by atoms with Gasteiger partial charge in [0.25, 0.3) is 0 Å². The molecule has 2 N–H and O–H groups in total. The number of hydrogen-bond donors (Lipinski definition) is 2. The summed E-state index contributed by atoms with van der Waals surface area (Å²) >= 11 is 0. The molecule has 4 heteroatoms. The van der Waals surface area contributed by atoms with E-state index in [-0.39, 0.29) is 11.9 Å². The Hall–Kier alpha value is -1.81. The molecule has 1 aliphatic heterocycles. The highest BCUT2D eigenvalue weighted by Gasteiger charge is 2.24. The number of carbonyl (C=O) groups is 1. The molecule has 1 saturated heterocycles. The summed E-state index contributed by atoms with van der Waals surface area (Å²) in [5, 5.41) is 7.62. The molecule has 1 aromatic heterocycles. The lowest BCUT2D eigenvalue weighted by Gasteiger charge is -2.28. The van der Waals surface area contributed by atoms with Gasteiger partial charge in [-0.3, -0.25) is 4.79 Å². The number of fused-ring (bicyclic) bond motifs is 1. The first-order chi connectivity index (χ1) is 11.6. The molecule has 24 heavy (non-hydrogen) atoms. The van der Waals surface area contributed by atoms with Crippen LogP contribution in [0.15, 0.2) is 28.7 Å². The van der Waals surface area contributed by atoms with E-state index < -0.39 is 0 Å². The van der Waals surface area contributed by atoms with Gasteiger partial charge in [-0.25, -0.2) is 0 Å². The minimum atomic E-state index is -0.106. The number of benzene rings is 1. The Morgan fingerprint density at radius 2 is 2.00 bits per heavy atom. The Morgan fingerprint density at radius 3 is 2.71 bits per heavy atom. The largest absolute Gasteiger partial charge is 0.459 e. The van der Waals surface area contributed by atoms with Gasteiger partial charge in [-0.2, -0.15) is 0 Å². The van der Waals surface area contributed by atoms with Gasteiger partial charge in [0, 0.05) is 17.4 Å². The van der Waals surface area contributed by atoms with Crippen molar-refractivity contribution in [2.75, 3.05) is 13.1 Å². The highest BCUT2D eigenvalue weighted by atomic mass is 16.3. The molecule has 2 aromatic rings. The van der Waals surface area contributed by atoms with Crippen LogP contribution in [0.1, 0.15) is 50.5 Å². The van der Waals surface area contributed by atoms with Crippen LogP contribution in [-0.4, -0.2) is 19.0 Å². The average molecular weight is 328 g/mol. The van der Waals surface area contributed by atoms with E-state index in [2.05, 4.69) is 30.5 Å². The maximum absolute atomic E-state index is 12.4. The monoisotopic (exact) mass is 328 g/mol. The van der Waals surface area contributed by atoms with Crippen molar-refractivity contribution in [1.29, 1.82) is 0 Å². The molecular formula is C20H28N2O2. The number of piperidine rings is 1. The van der Waals surface area contributed by atoms with Gasteiger partial charge in [-0.1, -0.05) is 25.1 Å². The minimum absolute atomic E-state index is 0.106. The van der Waals surface area contributed by atoms with Crippen molar-refractivity contribution in [2.24, 2.45) is 11.8 Å². The second-order valence-electron chi connectivity index (χ2n) is 7.15. The Kier molecular flexibility index (Phi) is 5.24. The summed E-state index contributed by atoms with van der Waals surface area (Å²) in [5.74, 6) is 2.06. The third kappa shape index (κ3) is 3.64. The van der Waals surface area contributed by atoms with E-state index >= 15 is 0 Å². The van der Waals surface area contributed by atoms with Crippen molar-refractivity contribution in [2.45, 2.75) is 46.1 Å². The standard InChI is InChI=1S/C20H28N2O2/c1-13(16-8-10-21-11-9-16)12-19(23)22-15(3)20-14(2)17-6-4-5-7-18(17)24-20/h4-7,13,15-16,21H,8-12H2,1-3H3,(H,22,23). The van der Waals surface area contributed by atoms with Crippen molar-refractivity contribution in [1.82, 2.24) is 10.6 Å². The summed E-state index contributed by atoms with van der Waals surface area (Å²) in [7, 11) is 0. The van der Waals surface area contributed by atoms with Gasteiger partial charge in [0.15, 0.2) is 0 Å². The number of nitrogens with one attached hydrogen (secondary N) is 2. The number of para-hydroxylation sites is 1. The van der Waals surface area contributed by atoms with Crippen molar-refractivity contribution < 1.29 is 9.21 Å². The first-order valence-electron chi connectivity index (χ1n) is 9.04. The van der Waals surface area contributed by atoms with E-state index in [1.54, 1.807) is 0 Å². The zero-order valence-corrected chi connectivity index (χ0v) is 14.9. The molecule has 1 fully saturated rings. The zero-order valence-electron chi connectivity index (χ0n) is 14.9. The lowest BCUT2D eigenvalue weighted by Crippen LogP contribution is -2.34. The Labute approximate surface area is 144 Å². The second kappa shape index (κ2) is 7.39. The van der Waals surface area contributed by atoms with Crippen LogP contribution in [0.2, 0.25) is 0 Å². The molecule has 1 amide bonds. The Bertz CT molecular complexity index is 701. The molecule has 3 rings (SSSR count). The fourth-order valence-corrected chi connectivity index (χ4v) is 3.84. The smallest absolute Gasteiger partial charge is 0.220 e. The summed E-state index contributed by atoms with van der Waals surface area (Å²) < 4.78 is 5.96. The number of hydrogen-bond acceptors (Lipinski definition) is 3. The van der Waals surface area contributed by atoms with E-state index in [1.165, 1.54) is 12.8 Å². The van der Waals surface area contributed by atoms with Crippen LogP contribution in [0.3, 0.4) is 0 Å². The van der Waals surface area contributed by atoms with E-state index in [0.717, 1.165) is 35.4 Å². The van der Waals surface area contributed by atoms with Crippen LogP contribution in [-0.2, 0) is 4.79 Å². The molecule has 130 valence electrons. The molecule has 2 unspecified atom stereocenters. The third-order valence-electron chi connectivity index (χ3n) is 5.35. The highest BCUT2D eigenvalue weighted by molar-refractivity contribution is 5.82. The van der Waals surface area contributed by atoms with Crippen LogP contribution in [0.4, 0.5) is 0 Å². The lowest BCUT2D eigenvalue weighted by molar-refractivity contribution is -0.123. The maximum atomic E-state index is 12.4. The number of amides is 1. The molecule has 0 bridgehead atoms. The predicted molar refractivity (Wildman–Crippen MR) is 96.9 cm³/mol. The zero-order chi connectivity index (χ0) is 17.1. The topological polar surface area (TPSA) is 54.3 Å². The van der Waals surface area contributed by atoms with Crippen molar-refractivity contribution in [3.8, 4) is 0 Å². The van der Waals surface area contributed by atoms with E-state index in [9.17, 15) is 4.79 Å². The summed E-state index contributed by atoms with van der Waals surface area (Å²) in [6.45, 7) is 8.41. The fourth-order valence-electron chi connectivity index (χ4n) is 3.84. The molecule has 0 aliphatic carbocycles. The highest BCUT2D eigenvalue weighted by Crippen LogP contribution is 2.29. The van der Waals surface area contributed by atoms with Crippen molar-refractivity contribution in [3.05, 3.63) is 35.6 Å². The molecule has 2 heterocycles. The van der Waals surface area contributed by atoms with Crippen LogP contribution >= 0.6 is 0 Å². The molecule has 0 saturated carbocycles. The van der Waals surface area contributed by atoms with Crippen LogP contribution in [0.5, 0.6) is 0 Å². The molecular weight excluding hydrogens is 300 g/mol. The Balaban J connectivity index is 1.61. The van der Waals surface area contributed by atoms with Crippen LogP contribution in [0, 0.1) is 18.8 Å². The molecule has 0 radical (unpaired) electrons. The molecule has 1 aliphatic rings. The second-order valence-corrected chi connectivity index (χ2v) is 7.15. The van der Waals surface area contributed by atoms with Crippen molar-refractivity contribution in [3.63, 3.8) is 0 Å². The summed E-state index contributed by atoms with van der Waals surface area (Å²) in [6, 6.07) is 7.91. The van der Waals surface area contributed by atoms with Gasteiger partial charge in [0.05, 0.1) is 6.04 Å². The van der Waals surface area contributed by atoms with Gasteiger partial charge in [0.2, 0.25) is 5.91 Å². The van der Waals surface area contributed by atoms with Gasteiger partial charge in [-0.15, -0.1) is 0 Å². The minimum Gasteiger partial charge on any atom is -0.459 e. The number of carbonyl (C=O) groups excluding carboxylic acids is 1. The SMILES string of the molecule is Cc1c(C(C)NC(=O)CC(C)C2CCNCC2)oc2ccccc12. The van der Waals surface area contributed by atoms with Gasteiger partial charge >= 0.3 is 0 Å². The fraction of sp³-hybridized carbons (Fsp3) is 0.550. The summed E-state index contributed by atoms with van der Waals surface area (Å²) in [6.07, 6.45) is 2.94. The van der Waals surface area contributed by atoms with Gasteiger partial charge in [0.1, 0.15) is 11.3 Å². The average Bonchev–Trinajstić information content (AvgIpc) is 2.93. The third-order valence-corrected chi connectivity index (χ3v) is 5.35. The van der Waals surface area contributed by atoms with Gasteiger partial charge < -0.3 is 15.1 Å². The number of furan rings is 1. The molecule has 0 spiro atoms. The summed E-state index contributed by atoms with van der Waals surface area (Å²) in [4.78, 5) is 12.4. The van der Waals surface area contributed by atoms with Gasteiger partial charge in [-0.05, 0) is 57.7 Å². The molecule has 1 aromatic carbocycles. The first kappa shape index (κ1) is 17.0. The predicted octanol–water partition coefficient (Wildman–Crippen LogP) is 3.94. The van der Waals surface area contributed by atoms with Crippen molar-refractivity contribution >= 4 is 16.9 Å². The van der Waals surface area contributed by atoms with Crippen LogP contribution in [0.25, 0.3) is 11.0 Å². The van der Waals surface area contributed by atoms with E-state index in [4.69, 9.17) is 4.42 Å². The maximum Gasteiger partial charge on any atom is 0.220 e. The first-order valence-corrected chi connectivity index (χ1v) is 9.04. The number of rotatable bonds is 5. The molecule has 2 atom stereocenters. The van der Waals surface area contributed by atoms with E-state index in [1.807, 2.05) is 25.1 Å². The van der Waals surface area contributed by atoms with E-state index in [0.29, 0.717) is 18.3 Å². The Morgan fingerprint density at radius 1 is 1.29 bits per heavy atom. The number of aryl methyl sites for hydroxylation is 1. The summed E-state index contributed by atoms with van der Waals surface area (Å²) in [5.41, 5.74) is 2.00. The quantitative estimate of drug-likeness (QED) is 0.874. The molecule has 4 nitrogen and oxygen atoms in total. The van der Waals surface area contributed by atoms with Crippen LogP contribution < -0.4 is 10.6 Å².